The van der Waals surface area contributed by atoms with Gasteiger partial charge >= 0.3 is 0 Å². The quantitative estimate of drug-likeness (QED) is 0.717. The fourth-order valence-corrected chi connectivity index (χ4v) is 4.90. The van der Waals surface area contributed by atoms with E-state index in [-0.39, 0.29) is 0 Å². The average Bonchev–Trinajstić information content (AvgIpc) is 2.98. The first-order chi connectivity index (χ1) is 11.8. The molecule has 0 heterocycles. The largest absolute Gasteiger partial charge is 0.294 e. The van der Waals surface area contributed by atoms with Crippen LogP contribution in [0, 0.1) is 5.92 Å². The Hall–Kier alpha value is -2.41. The van der Waals surface area contributed by atoms with Crippen molar-refractivity contribution in [3.05, 3.63) is 88.5 Å². The van der Waals surface area contributed by atoms with Crippen molar-refractivity contribution in [1.82, 2.24) is 0 Å². The molecule has 2 aromatic carbocycles. The fraction of sp³-hybridized carbons (Fsp3) is 0.261. The van der Waals surface area contributed by atoms with Crippen LogP contribution in [0.1, 0.15) is 41.9 Å². The highest BCUT2D eigenvalue weighted by Crippen LogP contribution is 2.53. The van der Waals surface area contributed by atoms with Gasteiger partial charge in [-0.15, -0.1) is 0 Å². The summed E-state index contributed by atoms with van der Waals surface area (Å²) < 4.78 is 0. The molecule has 1 saturated carbocycles. The van der Waals surface area contributed by atoms with Crippen LogP contribution in [0.5, 0.6) is 0 Å². The monoisotopic (exact) mass is 312 g/mol. The van der Waals surface area contributed by atoms with Gasteiger partial charge in [-0.25, -0.2) is 0 Å². The molecular weight excluding hydrogens is 292 g/mol. The summed E-state index contributed by atoms with van der Waals surface area (Å²) in [6, 6.07) is 19.1. The van der Waals surface area contributed by atoms with Crippen molar-refractivity contribution in [3.63, 3.8) is 0 Å². The van der Waals surface area contributed by atoms with Crippen LogP contribution in [0.4, 0.5) is 0 Å². The second-order valence-corrected chi connectivity index (χ2v) is 7.17. The van der Waals surface area contributed by atoms with E-state index in [9.17, 15) is 4.79 Å². The first kappa shape index (κ1) is 14.0. The number of ketones is 1. The van der Waals surface area contributed by atoms with Crippen molar-refractivity contribution < 1.29 is 4.79 Å². The molecule has 0 unspecified atom stereocenters. The van der Waals surface area contributed by atoms with E-state index in [1.54, 1.807) is 0 Å². The molecule has 0 aromatic heterocycles. The standard InChI is InChI=1S/C23H20O/c24-21-14-17-11-12-19-18-9-5-4-6-15(18)10-13-20(19)22(17)23(21)16-7-2-1-3-8-16/h1-9,13,17,19H,10-12,14H2/t17-,19-/m1/s1. The molecule has 0 spiro atoms. The predicted molar refractivity (Wildman–Crippen MR) is 96.7 cm³/mol. The second-order valence-electron chi connectivity index (χ2n) is 7.17. The van der Waals surface area contributed by atoms with Gasteiger partial charge in [0.15, 0.2) is 5.78 Å². The first-order valence-electron chi connectivity index (χ1n) is 8.94. The lowest BCUT2D eigenvalue weighted by Gasteiger charge is -2.36. The molecule has 2 aromatic rings. The highest BCUT2D eigenvalue weighted by molar-refractivity contribution is 6.25. The van der Waals surface area contributed by atoms with Gasteiger partial charge in [-0.05, 0) is 53.0 Å². The molecule has 1 nitrogen and oxygen atoms in total. The summed E-state index contributed by atoms with van der Waals surface area (Å²) in [7, 11) is 0. The van der Waals surface area contributed by atoms with Gasteiger partial charge in [-0.3, -0.25) is 4.79 Å². The van der Waals surface area contributed by atoms with Gasteiger partial charge in [0.25, 0.3) is 0 Å². The third-order valence-electron chi connectivity index (χ3n) is 5.91. The Bertz CT molecular complexity index is 885. The van der Waals surface area contributed by atoms with Crippen LogP contribution in [0.25, 0.3) is 5.57 Å². The summed E-state index contributed by atoms with van der Waals surface area (Å²) >= 11 is 0. The molecule has 118 valence electrons. The fourth-order valence-electron chi connectivity index (χ4n) is 4.90. The van der Waals surface area contributed by atoms with Crippen molar-refractivity contribution in [2.75, 3.05) is 0 Å². The van der Waals surface area contributed by atoms with Crippen molar-refractivity contribution in [2.45, 2.75) is 31.6 Å². The number of allylic oxidation sites excluding steroid dienone is 4. The highest BCUT2D eigenvalue weighted by atomic mass is 16.1. The van der Waals surface area contributed by atoms with Crippen molar-refractivity contribution in [1.29, 1.82) is 0 Å². The van der Waals surface area contributed by atoms with E-state index in [4.69, 9.17) is 0 Å². The molecule has 3 aliphatic carbocycles. The number of carbonyl (C=O) groups excluding carboxylic acids is 1. The van der Waals surface area contributed by atoms with Crippen LogP contribution in [0.3, 0.4) is 0 Å². The summed E-state index contributed by atoms with van der Waals surface area (Å²) in [5, 5.41) is 0. The Labute approximate surface area is 142 Å². The lowest BCUT2D eigenvalue weighted by Crippen LogP contribution is -2.21. The molecule has 0 aliphatic heterocycles. The van der Waals surface area contributed by atoms with Gasteiger partial charge in [0, 0.05) is 17.9 Å². The highest BCUT2D eigenvalue weighted by Gasteiger charge is 2.41. The molecule has 0 radical (unpaired) electrons. The van der Waals surface area contributed by atoms with E-state index in [0.717, 1.165) is 24.0 Å². The number of hydrogen-bond donors (Lipinski definition) is 0. The average molecular weight is 312 g/mol. The SMILES string of the molecule is O=C1C[C@H]2CC[C@H]3C(=CCc4ccccc43)C2=C1c1ccccc1. The van der Waals surface area contributed by atoms with Gasteiger partial charge in [0.05, 0.1) is 0 Å². The van der Waals surface area contributed by atoms with Crippen LogP contribution < -0.4 is 0 Å². The minimum atomic E-state index is 0.335. The number of fused-ring (bicyclic) bond motifs is 5. The summed E-state index contributed by atoms with van der Waals surface area (Å²) in [6.45, 7) is 0. The van der Waals surface area contributed by atoms with Crippen molar-refractivity contribution >= 4 is 11.4 Å². The molecule has 1 heteroatoms. The number of Topliss-reactive ketones (excluding diaryl/α,β-unsaturated/α-hetero) is 1. The first-order valence-corrected chi connectivity index (χ1v) is 8.94. The number of rotatable bonds is 1. The maximum Gasteiger partial charge on any atom is 0.164 e. The van der Waals surface area contributed by atoms with Crippen LogP contribution in [0.2, 0.25) is 0 Å². The molecule has 24 heavy (non-hydrogen) atoms. The Morgan fingerprint density at radius 2 is 1.67 bits per heavy atom. The lowest BCUT2D eigenvalue weighted by atomic mass is 9.68. The molecule has 0 amide bonds. The molecule has 5 rings (SSSR count). The number of hydrogen-bond acceptors (Lipinski definition) is 1. The predicted octanol–water partition coefficient (Wildman–Crippen LogP) is 5.09. The van der Waals surface area contributed by atoms with E-state index in [0.29, 0.717) is 24.0 Å². The Balaban J connectivity index is 1.69. The van der Waals surface area contributed by atoms with E-state index in [1.807, 2.05) is 18.2 Å². The summed E-state index contributed by atoms with van der Waals surface area (Å²) in [4.78, 5) is 12.8. The van der Waals surface area contributed by atoms with Crippen LogP contribution in [-0.4, -0.2) is 5.78 Å². The molecule has 0 saturated heterocycles. The smallest absolute Gasteiger partial charge is 0.164 e. The summed E-state index contributed by atoms with van der Waals surface area (Å²) in [6.07, 6.45) is 6.40. The third-order valence-corrected chi connectivity index (χ3v) is 5.91. The molecule has 2 atom stereocenters. The maximum absolute atomic E-state index is 12.8. The zero-order chi connectivity index (χ0) is 16.1. The molecule has 0 N–H and O–H groups in total. The zero-order valence-corrected chi connectivity index (χ0v) is 13.7. The molecular formula is C23H20O. The van der Waals surface area contributed by atoms with Gasteiger partial charge in [0.1, 0.15) is 0 Å². The number of benzene rings is 2. The maximum atomic E-state index is 12.8. The van der Waals surface area contributed by atoms with Crippen LogP contribution >= 0.6 is 0 Å². The van der Waals surface area contributed by atoms with Crippen LogP contribution in [0.15, 0.2) is 71.8 Å². The summed E-state index contributed by atoms with van der Waals surface area (Å²) in [5.41, 5.74) is 7.83. The molecule has 1 fully saturated rings. The van der Waals surface area contributed by atoms with Gasteiger partial charge in [-0.1, -0.05) is 60.7 Å². The summed E-state index contributed by atoms with van der Waals surface area (Å²) in [5.74, 6) is 1.24. The van der Waals surface area contributed by atoms with Crippen LogP contribution in [-0.2, 0) is 11.2 Å². The zero-order valence-electron chi connectivity index (χ0n) is 13.7. The number of carbonyl (C=O) groups is 1. The van der Waals surface area contributed by atoms with Gasteiger partial charge in [0.2, 0.25) is 0 Å². The molecule has 0 bridgehead atoms. The van der Waals surface area contributed by atoms with Crippen molar-refractivity contribution in [3.8, 4) is 0 Å². The Morgan fingerprint density at radius 1 is 0.875 bits per heavy atom. The normalized spacial score (nSPS) is 25.0. The van der Waals surface area contributed by atoms with Crippen molar-refractivity contribution in [2.24, 2.45) is 5.92 Å². The Morgan fingerprint density at radius 3 is 2.54 bits per heavy atom. The van der Waals surface area contributed by atoms with Gasteiger partial charge in [-0.2, -0.15) is 0 Å². The van der Waals surface area contributed by atoms with E-state index < -0.39 is 0 Å². The van der Waals surface area contributed by atoms with E-state index in [1.165, 1.54) is 28.7 Å². The minimum Gasteiger partial charge on any atom is -0.294 e. The van der Waals surface area contributed by atoms with E-state index >= 15 is 0 Å². The minimum absolute atomic E-state index is 0.335. The molecule has 3 aliphatic rings. The van der Waals surface area contributed by atoms with Gasteiger partial charge < -0.3 is 0 Å². The Kier molecular flexibility index (Phi) is 3.09. The lowest BCUT2D eigenvalue weighted by molar-refractivity contribution is -0.113. The topological polar surface area (TPSA) is 17.1 Å². The van der Waals surface area contributed by atoms with E-state index in [2.05, 4.69) is 42.5 Å². The second kappa shape index (κ2) is 5.31. The third kappa shape index (κ3) is 1.97.